The number of piperidine rings is 1. The Labute approximate surface area is 112 Å². The summed E-state index contributed by atoms with van der Waals surface area (Å²) in [7, 11) is 0. The summed E-state index contributed by atoms with van der Waals surface area (Å²) < 4.78 is 6.21. The van der Waals surface area contributed by atoms with Crippen molar-refractivity contribution in [1.82, 2.24) is 5.32 Å². The van der Waals surface area contributed by atoms with Gasteiger partial charge in [-0.1, -0.05) is 11.6 Å². The Morgan fingerprint density at radius 2 is 2.11 bits per heavy atom. The maximum Gasteiger partial charge on any atom is 0.126 e. The molecular formula is C14H18ClNO2. The number of nitrogens with one attached hydrogen (secondary N) is 1. The van der Waals surface area contributed by atoms with Crippen LogP contribution in [0.3, 0.4) is 0 Å². The maximum atomic E-state index is 10.3. The van der Waals surface area contributed by atoms with E-state index in [2.05, 4.69) is 5.32 Å². The summed E-state index contributed by atoms with van der Waals surface area (Å²) >= 11 is 6.11. The average molecular weight is 268 g/mol. The molecule has 1 unspecified atom stereocenters. The number of benzene rings is 1. The van der Waals surface area contributed by atoms with Crippen molar-refractivity contribution in [3.05, 3.63) is 28.3 Å². The van der Waals surface area contributed by atoms with Crippen molar-refractivity contribution in [2.45, 2.75) is 37.9 Å². The van der Waals surface area contributed by atoms with Crippen LogP contribution in [0.25, 0.3) is 0 Å². The Morgan fingerprint density at radius 3 is 2.83 bits per heavy atom. The molecule has 1 atom stereocenters. The molecule has 98 valence electrons. The van der Waals surface area contributed by atoms with E-state index in [-0.39, 0.29) is 5.60 Å². The zero-order valence-electron chi connectivity index (χ0n) is 10.5. The SMILES string of the molecule is Cc1cc2c(cc1Cl)C(O)CC1(CCNCC1)O2. The summed E-state index contributed by atoms with van der Waals surface area (Å²) in [5.41, 5.74) is 1.63. The van der Waals surface area contributed by atoms with Gasteiger partial charge in [-0.05, 0) is 50.6 Å². The van der Waals surface area contributed by atoms with Gasteiger partial charge in [0.1, 0.15) is 11.4 Å². The highest BCUT2D eigenvalue weighted by atomic mass is 35.5. The number of aryl methyl sites for hydroxylation is 1. The highest BCUT2D eigenvalue weighted by molar-refractivity contribution is 6.31. The molecule has 18 heavy (non-hydrogen) atoms. The van der Waals surface area contributed by atoms with Crippen LogP contribution in [0.5, 0.6) is 5.75 Å². The standard InChI is InChI=1S/C14H18ClNO2/c1-9-6-13-10(7-11(9)15)12(17)8-14(18-13)2-4-16-5-3-14/h6-7,12,16-17H,2-5,8H2,1H3. The third-order valence-electron chi connectivity index (χ3n) is 4.06. The van der Waals surface area contributed by atoms with Gasteiger partial charge in [0.25, 0.3) is 0 Å². The second-order valence-electron chi connectivity index (χ2n) is 5.39. The van der Waals surface area contributed by atoms with E-state index < -0.39 is 6.10 Å². The highest BCUT2D eigenvalue weighted by Gasteiger charge is 2.41. The van der Waals surface area contributed by atoms with Crippen LogP contribution >= 0.6 is 11.6 Å². The van der Waals surface area contributed by atoms with Crippen molar-refractivity contribution in [3.63, 3.8) is 0 Å². The molecule has 1 saturated heterocycles. The van der Waals surface area contributed by atoms with Crippen LogP contribution in [0, 0.1) is 6.92 Å². The number of fused-ring (bicyclic) bond motifs is 1. The van der Waals surface area contributed by atoms with E-state index in [1.807, 2.05) is 19.1 Å². The molecule has 2 aliphatic rings. The molecule has 1 fully saturated rings. The number of aliphatic hydroxyl groups is 1. The van der Waals surface area contributed by atoms with Crippen LogP contribution in [0.1, 0.15) is 36.5 Å². The summed E-state index contributed by atoms with van der Waals surface area (Å²) in [6, 6.07) is 3.79. The van der Waals surface area contributed by atoms with Crippen molar-refractivity contribution >= 4 is 11.6 Å². The van der Waals surface area contributed by atoms with Gasteiger partial charge in [-0.15, -0.1) is 0 Å². The lowest BCUT2D eigenvalue weighted by molar-refractivity contribution is -0.0337. The zero-order chi connectivity index (χ0) is 12.8. The molecule has 4 heteroatoms. The number of aliphatic hydroxyl groups excluding tert-OH is 1. The summed E-state index contributed by atoms with van der Waals surface area (Å²) in [6.07, 6.45) is 2.10. The van der Waals surface area contributed by atoms with Gasteiger partial charge in [0.05, 0.1) is 6.10 Å². The van der Waals surface area contributed by atoms with Crippen LogP contribution in [-0.2, 0) is 0 Å². The lowest BCUT2D eigenvalue weighted by Gasteiger charge is -2.43. The lowest BCUT2D eigenvalue weighted by Crippen LogP contribution is -2.49. The van der Waals surface area contributed by atoms with E-state index in [0.717, 1.165) is 42.8 Å². The molecule has 3 rings (SSSR count). The average Bonchev–Trinajstić information content (AvgIpc) is 2.33. The van der Waals surface area contributed by atoms with Crippen molar-refractivity contribution in [1.29, 1.82) is 0 Å². The first-order valence-corrected chi connectivity index (χ1v) is 6.85. The van der Waals surface area contributed by atoms with Crippen LogP contribution in [0.2, 0.25) is 5.02 Å². The van der Waals surface area contributed by atoms with Crippen LogP contribution < -0.4 is 10.1 Å². The predicted molar refractivity (Wildman–Crippen MR) is 71.2 cm³/mol. The summed E-state index contributed by atoms with van der Waals surface area (Å²) in [4.78, 5) is 0. The molecule has 0 aliphatic carbocycles. The van der Waals surface area contributed by atoms with Gasteiger partial charge in [0, 0.05) is 17.0 Å². The van der Waals surface area contributed by atoms with Crippen molar-refractivity contribution in [2.75, 3.05) is 13.1 Å². The number of halogens is 1. The molecular weight excluding hydrogens is 250 g/mol. The smallest absolute Gasteiger partial charge is 0.126 e. The molecule has 3 nitrogen and oxygen atoms in total. The van der Waals surface area contributed by atoms with E-state index in [1.54, 1.807) is 0 Å². The third-order valence-corrected chi connectivity index (χ3v) is 4.46. The number of rotatable bonds is 0. The Morgan fingerprint density at radius 1 is 1.39 bits per heavy atom. The lowest BCUT2D eigenvalue weighted by atomic mass is 9.82. The van der Waals surface area contributed by atoms with E-state index in [9.17, 15) is 5.11 Å². The van der Waals surface area contributed by atoms with Crippen molar-refractivity contribution in [2.24, 2.45) is 0 Å². The van der Waals surface area contributed by atoms with Gasteiger partial charge in [0.2, 0.25) is 0 Å². The molecule has 1 aromatic carbocycles. The molecule has 0 amide bonds. The second kappa shape index (κ2) is 4.41. The minimum Gasteiger partial charge on any atom is -0.487 e. The fraction of sp³-hybridized carbons (Fsp3) is 0.571. The van der Waals surface area contributed by atoms with Crippen LogP contribution in [0.4, 0.5) is 0 Å². The number of hydrogen-bond acceptors (Lipinski definition) is 3. The van der Waals surface area contributed by atoms with Gasteiger partial charge in [-0.25, -0.2) is 0 Å². The molecule has 0 aromatic heterocycles. The van der Waals surface area contributed by atoms with Crippen molar-refractivity contribution < 1.29 is 9.84 Å². The van der Waals surface area contributed by atoms with Gasteiger partial charge in [-0.3, -0.25) is 0 Å². The molecule has 2 heterocycles. The normalized spacial score (nSPS) is 25.6. The molecule has 2 aliphatic heterocycles. The molecule has 0 bridgehead atoms. The van der Waals surface area contributed by atoms with Crippen LogP contribution in [0.15, 0.2) is 12.1 Å². The molecule has 0 saturated carbocycles. The molecule has 2 N–H and O–H groups in total. The van der Waals surface area contributed by atoms with E-state index in [4.69, 9.17) is 16.3 Å². The summed E-state index contributed by atoms with van der Waals surface area (Å²) in [5, 5.41) is 14.4. The van der Waals surface area contributed by atoms with Gasteiger partial charge >= 0.3 is 0 Å². The molecule has 0 radical (unpaired) electrons. The number of hydrogen-bond donors (Lipinski definition) is 2. The topological polar surface area (TPSA) is 41.5 Å². The Hall–Kier alpha value is -0.770. The van der Waals surface area contributed by atoms with Gasteiger partial charge in [-0.2, -0.15) is 0 Å². The molecule has 1 spiro atoms. The summed E-state index contributed by atoms with van der Waals surface area (Å²) in [6.45, 7) is 3.87. The third kappa shape index (κ3) is 2.00. The first-order chi connectivity index (χ1) is 8.60. The molecule has 1 aromatic rings. The Bertz CT molecular complexity index is 469. The first-order valence-electron chi connectivity index (χ1n) is 6.47. The fourth-order valence-electron chi connectivity index (χ4n) is 2.95. The minimum absolute atomic E-state index is 0.196. The highest BCUT2D eigenvalue weighted by Crippen LogP contribution is 2.44. The van der Waals surface area contributed by atoms with Gasteiger partial charge in [0.15, 0.2) is 0 Å². The van der Waals surface area contributed by atoms with Crippen LogP contribution in [-0.4, -0.2) is 23.8 Å². The quantitative estimate of drug-likeness (QED) is 0.759. The zero-order valence-corrected chi connectivity index (χ0v) is 11.3. The number of ether oxygens (including phenoxy) is 1. The monoisotopic (exact) mass is 267 g/mol. The Kier molecular flexibility index (Phi) is 3.00. The van der Waals surface area contributed by atoms with Crippen molar-refractivity contribution in [3.8, 4) is 5.75 Å². The van der Waals surface area contributed by atoms with Gasteiger partial charge < -0.3 is 15.2 Å². The predicted octanol–water partition coefficient (Wildman–Crippen LogP) is 2.59. The van der Waals surface area contributed by atoms with E-state index in [0.29, 0.717) is 11.4 Å². The minimum atomic E-state index is -0.468. The maximum absolute atomic E-state index is 10.3. The van der Waals surface area contributed by atoms with E-state index >= 15 is 0 Å². The summed E-state index contributed by atoms with van der Waals surface area (Å²) in [5.74, 6) is 0.803. The second-order valence-corrected chi connectivity index (χ2v) is 5.80. The fourth-order valence-corrected chi connectivity index (χ4v) is 3.12. The Balaban J connectivity index is 1.98. The first kappa shape index (κ1) is 12.3. The van der Waals surface area contributed by atoms with E-state index in [1.165, 1.54) is 0 Å². The largest absolute Gasteiger partial charge is 0.487 e.